The van der Waals surface area contributed by atoms with Crippen molar-refractivity contribution in [2.75, 3.05) is 6.54 Å². The second-order valence-corrected chi connectivity index (χ2v) is 5.71. The van der Waals surface area contributed by atoms with Gasteiger partial charge in [-0.3, -0.25) is 4.79 Å². The van der Waals surface area contributed by atoms with Gasteiger partial charge in [-0.1, -0.05) is 60.7 Å². The summed E-state index contributed by atoms with van der Waals surface area (Å²) in [5, 5.41) is 12.1. The molecule has 2 N–H and O–H groups in total. The van der Waals surface area contributed by atoms with Crippen LogP contribution in [0.15, 0.2) is 60.7 Å². The first-order chi connectivity index (χ1) is 10.6. The van der Waals surface area contributed by atoms with Crippen molar-refractivity contribution < 1.29 is 9.90 Å². The minimum Gasteiger partial charge on any atom is -0.480 e. The van der Waals surface area contributed by atoms with Gasteiger partial charge >= 0.3 is 5.97 Å². The minimum absolute atomic E-state index is 0.367. The Bertz CT molecular complexity index is 527. The molecule has 2 aromatic carbocycles. The van der Waals surface area contributed by atoms with Crippen molar-refractivity contribution in [1.82, 2.24) is 5.32 Å². The highest BCUT2D eigenvalue weighted by atomic mass is 16.4. The molecule has 0 amide bonds. The summed E-state index contributed by atoms with van der Waals surface area (Å²) in [5.74, 6) is -0.440. The van der Waals surface area contributed by atoms with Gasteiger partial charge < -0.3 is 10.4 Å². The standard InChI is InChI=1S/C19H23NO2/c1-15(19(21)22)20-14-18(12-16-8-4-2-5-9-16)13-17-10-6-3-7-11-17/h2-11,15,18,20H,12-14H2,1H3,(H,21,22). The Morgan fingerprint density at radius 2 is 1.41 bits per heavy atom. The van der Waals surface area contributed by atoms with E-state index in [1.807, 2.05) is 36.4 Å². The summed E-state index contributed by atoms with van der Waals surface area (Å²) in [4.78, 5) is 11.0. The van der Waals surface area contributed by atoms with Crippen molar-refractivity contribution in [3.05, 3.63) is 71.8 Å². The third-order valence-corrected chi connectivity index (χ3v) is 3.82. The Morgan fingerprint density at radius 1 is 0.955 bits per heavy atom. The van der Waals surface area contributed by atoms with Crippen molar-refractivity contribution in [1.29, 1.82) is 0 Å². The lowest BCUT2D eigenvalue weighted by Gasteiger charge is -2.19. The van der Waals surface area contributed by atoms with E-state index in [0.29, 0.717) is 12.5 Å². The highest BCUT2D eigenvalue weighted by molar-refractivity contribution is 5.72. The van der Waals surface area contributed by atoms with Crippen molar-refractivity contribution >= 4 is 5.97 Å². The first-order valence-corrected chi connectivity index (χ1v) is 7.69. The lowest BCUT2D eigenvalue weighted by molar-refractivity contribution is -0.139. The Kier molecular flexibility index (Phi) is 6.16. The van der Waals surface area contributed by atoms with Crippen molar-refractivity contribution in [2.45, 2.75) is 25.8 Å². The van der Waals surface area contributed by atoms with E-state index in [9.17, 15) is 4.79 Å². The highest BCUT2D eigenvalue weighted by Crippen LogP contribution is 2.14. The predicted molar refractivity (Wildman–Crippen MR) is 88.9 cm³/mol. The monoisotopic (exact) mass is 297 g/mol. The van der Waals surface area contributed by atoms with Crippen molar-refractivity contribution in [3.8, 4) is 0 Å². The zero-order valence-corrected chi connectivity index (χ0v) is 12.9. The minimum atomic E-state index is -0.807. The number of hydrogen-bond acceptors (Lipinski definition) is 2. The first kappa shape index (κ1) is 16.2. The Morgan fingerprint density at radius 3 is 1.82 bits per heavy atom. The fraction of sp³-hybridized carbons (Fsp3) is 0.316. The zero-order chi connectivity index (χ0) is 15.8. The molecule has 0 aliphatic heterocycles. The third kappa shape index (κ3) is 5.34. The molecule has 0 saturated heterocycles. The third-order valence-electron chi connectivity index (χ3n) is 3.82. The van der Waals surface area contributed by atoms with Crippen LogP contribution in [0.4, 0.5) is 0 Å². The van der Waals surface area contributed by atoms with E-state index >= 15 is 0 Å². The number of benzene rings is 2. The molecule has 116 valence electrons. The normalized spacial score (nSPS) is 12.3. The fourth-order valence-corrected chi connectivity index (χ4v) is 2.54. The first-order valence-electron chi connectivity index (χ1n) is 7.69. The van der Waals surface area contributed by atoms with E-state index in [4.69, 9.17) is 5.11 Å². The summed E-state index contributed by atoms with van der Waals surface area (Å²) in [6.07, 6.45) is 1.88. The van der Waals surface area contributed by atoms with Gasteiger partial charge in [-0.25, -0.2) is 0 Å². The molecule has 2 rings (SSSR count). The number of nitrogens with one attached hydrogen (secondary N) is 1. The van der Waals surface area contributed by atoms with Gasteiger partial charge in [0.2, 0.25) is 0 Å². The number of aliphatic carboxylic acids is 1. The average molecular weight is 297 g/mol. The summed E-state index contributed by atoms with van der Waals surface area (Å²) < 4.78 is 0. The largest absolute Gasteiger partial charge is 0.480 e. The van der Waals surface area contributed by atoms with Crippen LogP contribution in [0.1, 0.15) is 18.1 Å². The van der Waals surface area contributed by atoms with Crippen LogP contribution in [-0.4, -0.2) is 23.7 Å². The molecule has 0 aromatic heterocycles. The van der Waals surface area contributed by atoms with Crippen LogP contribution in [0.25, 0.3) is 0 Å². The second kappa shape index (κ2) is 8.35. The van der Waals surface area contributed by atoms with Crippen LogP contribution in [-0.2, 0) is 17.6 Å². The molecule has 0 aliphatic carbocycles. The van der Waals surface area contributed by atoms with Gasteiger partial charge in [0.25, 0.3) is 0 Å². The van der Waals surface area contributed by atoms with Crippen LogP contribution in [0.3, 0.4) is 0 Å². The maximum Gasteiger partial charge on any atom is 0.320 e. The summed E-state index contributed by atoms with van der Waals surface area (Å²) in [6.45, 7) is 2.38. The smallest absolute Gasteiger partial charge is 0.320 e. The second-order valence-electron chi connectivity index (χ2n) is 5.71. The predicted octanol–water partition coefficient (Wildman–Crippen LogP) is 3.15. The average Bonchev–Trinajstić information content (AvgIpc) is 2.54. The van der Waals surface area contributed by atoms with Crippen LogP contribution >= 0.6 is 0 Å². The summed E-state index contributed by atoms with van der Waals surface area (Å²) in [6, 6.07) is 20.2. The van der Waals surface area contributed by atoms with Gasteiger partial charge in [0.1, 0.15) is 6.04 Å². The van der Waals surface area contributed by atoms with E-state index in [2.05, 4.69) is 29.6 Å². The molecule has 0 bridgehead atoms. The molecule has 0 fully saturated rings. The van der Waals surface area contributed by atoms with Crippen molar-refractivity contribution in [2.24, 2.45) is 5.92 Å². The van der Waals surface area contributed by atoms with Gasteiger partial charge in [0, 0.05) is 0 Å². The molecular weight excluding hydrogens is 274 g/mol. The molecule has 0 radical (unpaired) electrons. The molecule has 22 heavy (non-hydrogen) atoms. The summed E-state index contributed by atoms with van der Waals surface area (Å²) in [7, 11) is 0. The van der Waals surface area contributed by atoms with Gasteiger partial charge in [-0.15, -0.1) is 0 Å². The van der Waals surface area contributed by atoms with Gasteiger partial charge in [0.05, 0.1) is 0 Å². The maximum absolute atomic E-state index is 11.0. The molecule has 0 saturated carbocycles. The molecule has 0 aliphatic rings. The van der Waals surface area contributed by atoms with Crippen molar-refractivity contribution in [3.63, 3.8) is 0 Å². The Hall–Kier alpha value is -2.13. The van der Waals surface area contributed by atoms with Crippen LogP contribution in [0.5, 0.6) is 0 Å². The van der Waals surface area contributed by atoms with E-state index in [1.165, 1.54) is 11.1 Å². The highest BCUT2D eigenvalue weighted by Gasteiger charge is 2.15. The molecule has 1 unspecified atom stereocenters. The van der Waals surface area contributed by atoms with E-state index < -0.39 is 12.0 Å². The number of rotatable bonds is 8. The molecule has 3 heteroatoms. The van der Waals surface area contributed by atoms with Gasteiger partial charge in [-0.05, 0) is 43.4 Å². The van der Waals surface area contributed by atoms with E-state index in [1.54, 1.807) is 6.92 Å². The van der Waals surface area contributed by atoms with Crippen LogP contribution in [0.2, 0.25) is 0 Å². The number of carboxylic acids is 1. The van der Waals surface area contributed by atoms with Gasteiger partial charge in [0.15, 0.2) is 0 Å². The fourth-order valence-electron chi connectivity index (χ4n) is 2.54. The SMILES string of the molecule is CC(NCC(Cc1ccccc1)Cc1ccccc1)C(=O)O. The summed E-state index contributed by atoms with van der Waals surface area (Å²) >= 11 is 0. The van der Waals surface area contributed by atoms with E-state index in [0.717, 1.165) is 12.8 Å². The number of carboxylic acid groups (broad SMARTS) is 1. The molecule has 2 aromatic rings. The quantitative estimate of drug-likeness (QED) is 0.787. The Labute approximate surface area is 132 Å². The van der Waals surface area contributed by atoms with Crippen LogP contribution < -0.4 is 5.32 Å². The van der Waals surface area contributed by atoms with Gasteiger partial charge in [-0.2, -0.15) is 0 Å². The van der Waals surface area contributed by atoms with E-state index in [-0.39, 0.29) is 0 Å². The lowest BCUT2D eigenvalue weighted by Crippen LogP contribution is -2.38. The maximum atomic E-state index is 11.0. The molecular formula is C19H23NO2. The Balaban J connectivity index is 2.01. The number of hydrogen-bond donors (Lipinski definition) is 2. The molecule has 0 spiro atoms. The zero-order valence-electron chi connectivity index (χ0n) is 12.9. The topological polar surface area (TPSA) is 49.3 Å². The number of carbonyl (C=O) groups is 1. The van der Waals surface area contributed by atoms with Crippen LogP contribution in [0, 0.1) is 5.92 Å². The molecule has 3 nitrogen and oxygen atoms in total. The molecule has 1 atom stereocenters. The summed E-state index contributed by atoms with van der Waals surface area (Å²) in [5.41, 5.74) is 2.57. The molecule has 0 heterocycles. The lowest BCUT2D eigenvalue weighted by atomic mass is 9.92.